The van der Waals surface area contributed by atoms with Crippen molar-refractivity contribution in [3.05, 3.63) is 60.7 Å². The fraction of sp³-hybridized carbons (Fsp3) is 0.133. The molecule has 5 heteroatoms. The zero-order valence-electron chi connectivity index (χ0n) is 10.9. The van der Waals surface area contributed by atoms with E-state index in [0.29, 0.717) is 11.5 Å². The van der Waals surface area contributed by atoms with Gasteiger partial charge in [0.05, 0.1) is 0 Å². The van der Waals surface area contributed by atoms with Crippen molar-refractivity contribution >= 4 is 5.97 Å². The van der Waals surface area contributed by atoms with Crippen molar-refractivity contribution in [2.75, 3.05) is 0 Å². The maximum absolute atomic E-state index is 11.4. The van der Waals surface area contributed by atoms with Gasteiger partial charge in [0, 0.05) is 6.92 Å². The van der Waals surface area contributed by atoms with Gasteiger partial charge in [-0.3, -0.25) is 0 Å². The molecule has 0 fully saturated rings. The molecule has 0 aromatic heterocycles. The first-order valence-corrected chi connectivity index (χ1v) is 5.82. The van der Waals surface area contributed by atoms with E-state index in [4.69, 9.17) is 9.47 Å². The van der Waals surface area contributed by atoms with Crippen molar-refractivity contribution < 1.29 is 24.9 Å². The van der Waals surface area contributed by atoms with Crippen molar-refractivity contribution in [3.8, 4) is 11.5 Å². The number of hydrogen-bond acceptors (Lipinski definition) is 3. The highest BCUT2D eigenvalue weighted by Gasteiger charge is 2.38. The first-order chi connectivity index (χ1) is 9.10. The summed E-state index contributed by atoms with van der Waals surface area (Å²) in [6.07, 6.45) is 0. The maximum Gasteiger partial charge on any atom is 0.390 e. The van der Waals surface area contributed by atoms with Gasteiger partial charge in [-0.15, -0.1) is 0 Å². The smallest absolute Gasteiger partial charge is 0.390 e. The Hall–Kier alpha value is -2.53. The van der Waals surface area contributed by atoms with Crippen LogP contribution in [0, 0.1) is 0 Å². The minimum absolute atomic E-state index is 0. The molecule has 2 aromatic carbocycles. The number of carboxylic acids is 1. The molecule has 20 heavy (non-hydrogen) atoms. The lowest BCUT2D eigenvalue weighted by Gasteiger charge is -2.26. The third-order valence-electron chi connectivity index (χ3n) is 2.50. The Balaban J connectivity index is 0.00000200. The molecule has 0 radical (unpaired) electrons. The van der Waals surface area contributed by atoms with E-state index in [-0.39, 0.29) is 5.48 Å². The van der Waals surface area contributed by atoms with Crippen LogP contribution >= 0.6 is 0 Å². The molecule has 0 amide bonds. The summed E-state index contributed by atoms with van der Waals surface area (Å²) in [6.45, 7) is 1.37. The summed E-state index contributed by atoms with van der Waals surface area (Å²) in [6, 6.07) is 17.4. The van der Waals surface area contributed by atoms with E-state index < -0.39 is 11.8 Å². The molecule has 0 aliphatic carbocycles. The summed E-state index contributed by atoms with van der Waals surface area (Å²) in [7, 11) is 0. The summed E-state index contributed by atoms with van der Waals surface area (Å²) >= 11 is 0. The molecule has 0 heterocycles. The van der Waals surface area contributed by atoms with E-state index in [1.165, 1.54) is 6.92 Å². The number of benzene rings is 2. The molecular weight excluding hydrogens is 260 g/mol. The molecule has 0 atom stereocenters. The number of carboxylic acid groups (broad SMARTS) is 1. The Morgan fingerprint density at radius 1 is 0.900 bits per heavy atom. The molecular formula is C15H16O5. The Morgan fingerprint density at radius 2 is 1.25 bits per heavy atom. The van der Waals surface area contributed by atoms with Crippen LogP contribution in [-0.2, 0) is 4.79 Å². The lowest BCUT2D eigenvalue weighted by Crippen LogP contribution is -2.47. The standard InChI is InChI=1S/C15H14O4.H2O/c1-15(14(16)17,18-12-8-4-2-5-9-12)19-13-10-6-3-7-11-13;/h2-11H,1H3,(H,16,17);1H2. The second-order valence-corrected chi connectivity index (χ2v) is 4.08. The minimum atomic E-state index is -1.78. The quantitative estimate of drug-likeness (QED) is 0.847. The molecule has 0 aliphatic rings. The van der Waals surface area contributed by atoms with Crippen LogP contribution < -0.4 is 9.47 Å². The molecule has 0 saturated carbocycles. The van der Waals surface area contributed by atoms with Crippen molar-refractivity contribution in [1.29, 1.82) is 0 Å². The fourth-order valence-electron chi connectivity index (χ4n) is 1.53. The number of aliphatic carboxylic acids is 1. The first kappa shape index (κ1) is 15.5. The van der Waals surface area contributed by atoms with Gasteiger partial charge in [0.25, 0.3) is 0 Å². The van der Waals surface area contributed by atoms with Gasteiger partial charge in [-0.2, -0.15) is 0 Å². The third kappa shape index (κ3) is 3.73. The SMILES string of the molecule is CC(Oc1ccccc1)(Oc1ccccc1)C(=O)O.O. The minimum Gasteiger partial charge on any atom is -0.475 e. The van der Waals surface area contributed by atoms with E-state index in [1.807, 2.05) is 12.1 Å². The molecule has 5 nitrogen and oxygen atoms in total. The Morgan fingerprint density at radius 3 is 1.55 bits per heavy atom. The Bertz CT molecular complexity index is 497. The predicted octanol–water partition coefficient (Wildman–Crippen LogP) is 2.12. The molecule has 106 valence electrons. The highest BCUT2D eigenvalue weighted by molar-refractivity contribution is 5.76. The van der Waals surface area contributed by atoms with Crippen LogP contribution in [0.15, 0.2) is 60.7 Å². The Labute approximate surface area is 116 Å². The Kier molecular flexibility index (Phi) is 5.11. The third-order valence-corrected chi connectivity index (χ3v) is 2.50. The zero-order chi connectivity index (χ0) is 13.7. The monoisotopic (exact) mass is 276 g/mol. The van der Waals surface area contributed by atoms with Gasteiger partial charge in [-0.05, 0) is 24.3 Å². The van der Waals surface area contributed by atoms with E-state index in [9.17, 15) is 9.90 Å². The average molecular weight is 276 g/mol. The predicted molar refractivity (Wildman–Crippen MR) is 73.8 cm³/mol. The average Bonchev–Trinajstić information content (AvgIpc) is 2.40. The molecule has 0 spiro atoms. The van der Waals surface area contributed by atoms with Crippen LogP contribution in [-0.4, -0.2) is 22.3 Å². The van der Waals surface area contributed by atoms with Crippen molar-refractivity contribution in [2.24, 2.45) is 0 Å². The van der Waals surface area contributed by atoms with E-state index in [0.717, 1.165) is 0 Å². The maximum atomic E-state index is 11.4. The molecule has 0 aliphatic heterocycles. The molecule has 0 saturated heterocycles. The van der Waals surface area contributed by atoms with Crippen LogP contribution in [0.2, 0.25) is 0 Å². The summed E-state index contributed by atoms with van der Waals surface area (Å²) in [5, 5.41) is 9.31. The normalized spacial score (nSPS) is 10.2. The lowest BCUT2D eigenvalue weighted by atomic mass is 10.3. The zero-order valence-corrected chi connectivity index (χ0v) is 10.9. The molecule has 0 bridgehead atoms. The van der Waals surface area contributed by atoms with Gasteiger partial charge in [0.15, 0.2) is 0 Å². The van der Waals surface area contributed by atoms with Crippen LogP contribution in [0.1, 0.15) is 6.92 Å². The lowest BCUT2D eigenvalue weighted by molar-refractivity contribution is -0.181. The summed E-state index contributed by atoms with van der Waals surface area (Å²) in [5.41, 5.74) is 0. The summed E-state index contributed by atoms with van der Waals surface area (Å²) in [5.74, 6) is -2.10. The van der Waals surface area contributed by atoms with E-state index in [1.54, 1.807) is 48.5 Å². The summed E-state index contributed by atoms with van der Waals surface area (Å²) in [4.78, 5) is 11.4. The van der Waals surface area contributed by atoms with Gasteiger partial charge in [-0.25, -0.2) is 4.79 Å². The number of hydrogen-bond donors (Lipinski definition) is 1. The van der Waals surface area contributed by atoms with Gasteiger partial charge in [0.1, 0.15) is 11.5 Å². The van der Waals surface area contributed by atoms with E-state index >= 15 is 0 Å². The highest BCUT2D eigenvalue weighted by Crippen LogP contribution is 2.23. The topological polar surface area (TPSA) is 87.3 Å². The van der Waals surface area contributed by atoms with Gasteiger partial charge in [-0.1, -0.05) is 36.4 Å². The second-order valence-electron chi connectivity index (χ2n) is 4.08. The number of ether oxygens (including phenoxy) is 2. The largest absolute Gasteiger partial charge is 0.475 e. The number of para-hydroxylation sites is 2. The van der Waals surface area contributed by atoms with Crippen LogP contribution in [0.4, 0.5) is 0 Å². The number of carbonyl (C=O) groups is 1. The van der Waals surface area contributed by atoms with Crippen molar-refractivity contribution in [2.45, 2.75) is 12.7 Å². The fourth-order valence-corrected chi connectivity index (χ4v) is 1.53. The number of rotatable bonds is 5. The molecule has 2 rings (SSSR count). The summed E-state index contributed by atoms with van der Waals surface area (Å²) < 4.78 is 10.9. The van der Waals surface area contributed by atoms with Gasteiger partial charge in [0.2, 0.25) is 0 Å². The molecule has 2 aromatic rings. The first-order valence-electron chi connectivity index (χ1n) is 5.82. The van der Waals surface area contributed by atoms with Gasteiger partial charge >= 0.3 is 11.8 Å². The van der Waals surface area contributed by atoms with Crippen molar-refractivity contribution in [3.63, 3.8) is 0 Å². The van der Waals surface area contributed by atoms with Crippen LogP contribution in [0.5, 0.6) is 11.5 Å². The molecule has 3 N–H and O–H groups in total. The van der Waals surface area contributed by atoms with Gasteiger partial charge < -0.3 is 20.1 Å². The second kappa shape index (κ2) is 6.58. The van der Waals surface area contributed by atoms with E-state index in [2.05, 4.69) is 0 Å². The van der Waals surface area contributed by atoms with Crippen molar-refractivity contribution in [1.82, 2.24) is 0 Å². The van der Waals surface area contributed by atoms with Crippen LogP contribution in [0.3, 0.4) is 0 Å². The highest BCUT2D eigenvalue weighted by atomic mass is 16.7. The van der Waals surface area contributed by atoms with Crippen LogP contribution in [0.25, 0.3) is 0 Å². The molecule has 0 unspecified atom stereocenters.